The van der Waals surface area contributed by atoms with Crippen molar-refractivity contribution in [3.05, 3.63) is 108 Å². The Morgan fingerprint density at radius 1 is 0.816 bits per heavy atom. The minimum atomic E-state index is -1.36. The molecule has 1 saturated carbocycles. The van der Waals surface area contributed by atoms with Crippen molar-refractivity contribution in [3.8, 4) is 22.5 Å². The number of pyridine rings is 3. The monoisotopic (exact) mass is 844 g/mol. The van der Waals surface area contributed by atoms with Crippen LogP contribution in [0.2, 0.25) is 19.6 Å². The van der Waals surface area contributed by atoms with Crippen LogP contribution >= 0.6 is 0 Å². The number of hydrogen-bond acceptors (Lipinski definition) is 4. The quantitative estimate of drug-likeness (QED) is 0.124. The molecule has 1 aliphatic rings. The Morgan fingerprint density at radius 2 is 1.57 bits per heavy atom. The Morgan fingerprint density at radius 3 is 2.29 bits per heavy atom. The molecular weight excluding hydrogens is 795 g/mol. The van der Waals surface area contributed by atoms with Gasteiger partial charge in [0.05, 0.1) is 13.7 Å². The average Bonchev–Trinajstić information content (AvgIpc) is 3.45. The second-order valence-corrected chi connectivity index (χ2v) is 20.8. The van der Waals surface area contributed by atoms with Gasteiger partial charge < -0.3 is 14.4 Å². The standard InChI is InChI=1S/C22H21N2O.C21H28NSi.Ir/c1-14-13-24-19(11-15(14)12-22(2,3)4)18-8-5-7-16-17-9-6-10-23-21(17)25-20(16)18;1-23(2,3)21-16-22-20(18-12-8-5-9-13-18)15-19(21)14-17-10-6-4-7-11-17;/h5-7,9-11,13H,12H2,1-4H3;5,8-9,12,15-17H,4,6-7,10-11,14H2,1-3H3;/q2*-1;. The van der Waals surface area contributed by atoms with Gasteiger partial charge in [0.1, 0.15) is 0 Å². The molecule has 2 aromatic carbocycles. The van der Waals surface area contributed by atoms with Crippen LogP contribution in [-0.4, -0.2) is 23.0 Å². The summed E-state index contributed by atoms with van der Waals surface area (Å²) in [5.74, 6) is 0.869. The molecule has 4 heterocycles. The molecular formula is C43H49IrN3OSi-2. The molecule has 4 nitrogen and oxygen atoms in total. The van der Waals surface area contributed by atoms with E-state index in [-0.39, 0.29) is 25.5 Å². The molecule has 0 saturated heterocycles. The Balaban J connectivity index is 0.000000188. The molecule has 0 unspecified atom stereocenters. The maximum absolute atomic E-state index is 6.03. The maximum atomic E-state index is 6.03. The van der Waals surface area contributed by atoms with Crippen LogP contribution in [0.25, 0.3) is 44.6 Å². The van der Waals surface area contributed by atoms with E-state index in [1.165, 1.54) is 49.7 Å². The summed E-state index contributed by atoms with van der Waals surface area (Å²) < 4.78 is 6.03. The third kappa shape index (κ3) is 9.03. The van der Waals surface area contributed by atoms with Crippen molar-refractivity contribution in [2.75, 3.05) is 0 Å². The number of fused-ring (bicyclic) bond motifs is 3. The van der Waals surface area contributed by atoms with E-state index in [4.69, 9.17) is 9.40 Å². The zero-order valence-electron chi connectivity index (χ0n) is 30.1. The van der Waals surface area contributed by atoms with Gasteiger partial charge in [-0.25, -0.2) is 4.98 Å². The summed E-state index contributed by atoms with van der Waals surface area (Å²) in [4.78, 5) is 13.8. The third-order valence-corrected chi connectivity index (χ3v) is 11.5. The Kier molecular flexibility index (Phi) is 11.7. The van der Waals surface area contributed by atoms with Gasteiger partial charge in [-0.1, -0.05) is 107 Å². The van der Waals surface area contributed by atoms with Crippen LogP contribution in [0, 0.1) is 30.4 Å². The summed E-state index contributed by atoms with van der Waals surface area (Å²) >= 11 is 0. The summed E-state index contributed by atoms with van der Waals surface area (Å²) in [6.45, 7) is 16.2. The molecule has 0 atom stereocenters. The van der Waals surface area contributed by atoms with Crippen molar-refractivity contribution in [2.45, 2.75) is 92.3 Å². The first-order valence-electron chi connectivity index (χ1n) is 17.6. The number of hydrogen-bond donors (Lipinski definition) is 0. The Hall–Kier alpha value is -3.44. The van der Waals surface area contributed by atoms with Crippen molar-refractivity contribution in [1.29, 1.82) is 0 Å². The molecule has 0 N–H and O–H groups in total. The van der Waals surface area contributed by atoms with Gasteiger partial charge in [0.2, 0.25) is 5.71 Å². The molecule has 6 heteroatoms. The smallest absolute Gasteiger partial charge is 0.216 e. The molecule has 1 aliphatic carbocycles. The molecule has 0 bridgehead atoms. The zero-order chi connectivity index (χ0) is 33.9. The van der Waals surface area contributed by atoms with Gasteiger partial charge in [-0.3, -0.25) is 0 Å². The van der Waals surface area contributed by atoms with Crippen molar-refractivity contribution >= 4 is 35.3 Å². The van der Waals surface area contributed by atoms with Crippen molar-refractivity contribution < 1.29 is 24.5 Å². The van der Waals surface area contributed by atoms with E-state index in [2.05, 4.69) is 99.9 Å². The maximum Gasteiger partial charge on any atom is 0.216 e. The number of furan rings is 1. The predicted molar refractivity (Wildman–Crippen MR) is 203 cm³/mol. The summed E-state index contributed by atoms with van der Waals surface area (Å²) in [5, 5.41) is 3.62. The van der Waals surface area contributed by atoms with Gasteiger partial charge in [0.25, 0.3) is 0 Å². The van der Waals surface area contributed by atoms with Crippen LogP contribution in [0.15, 0.2) is 83.7 Å². The molecule has 1 radical (unpaired) electrons. The predicted octanol–water partition coefficient (Wildman–Crippen LogP) is 11.0. The van der Waals surface area contributed by atoms with Crippen LogP contribution in [0.4, 0.5) is 0 Å². The van der Waals surface area contributed by atoms with Crippen LogP contribution in [0.3, 0.4) is 0 Å². The van der Waals surface area contributed by atoms with E-state index in [9.17, 15) is 0 Å². The van der Waals surface area contributed by atoms with Crippen molar-refractivity contribution in [2.24, 2.45) is 11.3 Å². The fourth-order valence-corrected chi connectivity index (χ4v) is 8.56. The molecule has 7 rings (SSSR count). The SMILES string of the molecule is C[Si](C)(C)c1cnc(-c2[c-]cccc2)cc1CC1CCCCC1.Cc1cnc(-c2[c-]ccc3c2oc2ncccc23)cc1CC(C)(C)C.[Ir]. The van der Waals surface area contributed by atoms with Gasteiger partial charge in [-0.05, 0) is 65.4 Å². The number of aryl methyl sites for hydroxylation is 1. The number of rotatable bonds is 6. The molecule has 0 amide bonds. The van der Waals surface area contributed by atoms with E-state index in [0.717, 1.165) is 51.2 Å². The second kappa shape index (κ2) is 15.6. The fourth-order valence-electron chi connectivity index (χ4n) is 6.97. The zero-order valence-corrected chi connectivity index (χ0v) is 33.5. The number of nitrogens with zero attached hydrogens (tertiary/aromatic N) is 3. The van der Waals surface area contributed by atoms with Crippen molar-refractivity contribution in [1.82, 2.24) is 15.0 Å². The van der Waals surface area contributed by atoms with Gasteiger partial charge in [-0.2, -0.15) is 0 Å². The first-order chi connectivity index (χ1) is 23.0. The first-order valence-corrected chi connectivity index (χ1v) is 21.1. The van der Waals surface area contributed by atoms with E-state index < -0.39 is 8.07 Å². The molecule has 49 heavy (non-hydrogen) atoms. The molecule has 4 aromatic heterocycles. The van der Waals surface area contributed by atoms with E-state index in [1.807, 2.05) is 42.6 Å². The molecule has 257 valence electrons. The summed E-state index contributed by atoms with van der Waals surface area (Å²) in [7, 11) is -1.36. The average molecular weight is 844 g/mol. The second-order valence-electron chi connectivity index (χ2n) is 15.7. The normalized spacial score (nSPS) is 13.9. The van der Waals surface area contributed by atoms with Gasteiger partial charge in [0.15, 0.2) is 0 Å². The molecule has 0 spiro atoms. The van der Waals surface area contributed by atoms with Gasteiger partial charge in [-0.15, -0.1) is 54.1 Å². The summed E-state index contributed by atoms with van der Waals surface area (Å²) in [6, 6.07) is 27.3. The van der Waals surface area contributed by atoms with Crippen LogP contribution in [0.1, 0.15) is 69.6 Å². The largest absolute Gasteiger partial charge is 0.486 e. The molecule has 6 aromatic rings. The minimum absolute atomic E-state index is 0. The van der Waals surface area contributed by atoms with Crippen LogP contribution < -0.4 is 5.19 Å². The number of benzene rings is 2. The van der Waals surface area contributed by atoms with Crippen LogP contribution in [-0.2, 0) is 32.9 Å². The summed E-state index contributed by atoms with van der Waals surface area (Å²) in [6.07, 6.45) is 15.2. The molecule has 1 fully saturated rings. The van der Waals surface area contributed by atoms with Gasteiger partial charge in [0, 0.05) is 44.1 Å². The van der Waals surface area contributed by atoms with E-state index in [1.54, 1.807) is 16.9 Å². The summed E-state index contributed by atoms with van der Waals surface area (Å²) in [5.41, 5.74) is 9.75. The van der Waals surface area contributed by atoms with Crippen molar-refractivity contribution in [3.63, 3.8) is 0 Å². The Bertz CT molecular complexity index is 2000. The van der Waals surface area contributed by atoms with Crippen LogP contribution in [0.5, 0.6) is 0 Å². The van der Waals surface area contributed by atoms with E-state index in [0.29, 0.717) is 5.71 Å². The first kappa shape index (κ1) is 36.8. The van der Waals surface area contributed by atoms with E-state index >= 15 is 0 Å². The minimum Gasteiger partial charge on any atom is -0.486 e. The fraction of sp³-hybridized carbons (Fsp3) is 0.372. The number of aromatic nitrogens is 3. The Labute approximate surface area is 307 Å². The third-order valence-electron chi connectivity index (χ3n) is 9.42. The molecule has 0 aliphatic heterocycles. The van der Waals surface area contributed by atoms with Gasteiger partial charge >= 0.3 is 0 Å². The topological polar surface area (TPSA) is 51.8 Å².